The number of nitrogens with one attached hydrogen (secondary N) is 2. The van der Waals surface area contributed by atoms with Crippen LogP contribution in [0.3, 0.4) is 0 Å². The van der Waals surface area contributed by atoms with Gasteiger partial charge in [0.15, 0.2) is 0 Å². The molecule has 2 saturated carbocycles. The number of para-hydroxylation sites is 1. The lowest BCUT2D eigenvalue weighted by molar-refractivity contribution is 0.00446. The van der Waals surface area contributed by atoms with Crippen LogP contribution >= 0.6 is 11.3 Å². The minimum Gasteiger partial charge on any atom is -0.396 e. The van der Waals surface area contributed by atoms with Crippen LogP contribution in [0.4, 0.5) is 11.8 Å². The van der Waals surface area contributed by atoms with E-state index in [0.717, 1.165) is 33.6 Å². The molecule has 2 fully saturated rings. The summed E-state index contributed by atoms with van der Waals surface area (Å²) in [5, 5.41) is 37.8. The maximum atomic E-state index is 10.5. The number of benzene rings is 1. The summed E-state index contributed by atoms with van der Waals surface area (Å²) in [5.41, 5.74) is 1.67. The SMILES string of the molecule is OCC1CC(Nc2nc(NC3CCCC3)ncc2-c2nc3ccccc3s2)C(O)C1O. The minimum absolute atomic E-state index is 0.167. The summed E-state index contributed by atoms with van der Waals surface area (Å²) in [6.07, 6.45) is 4.91. The predicted molar refractivity (Wildman–Crippen MR) is 121 cm³/mol. The first-order chi connectivity index (χ1) is 15.1. The average Bonchev–Trinajstić information content (AvgIpc) is 3.50. The highest BCUT2D eigenvalue weighted by molar-refractivity contribution is 7.21. The fourth-order valence-corrected chi connectivity index (χ4v) is 5.56. The molecule has 2 aliphatic rings. The van der Waals surface area contributed by atoms with Gasteiger partial charge in [0.1, 0.15) is 16.9 Å². The Morgan fingerprint density at radius 3 is 2.58 bits per heavy atom. The van der Waals surface area contributed by atoms with Crippen LogP contribution in [-0.4, -0.2) is 61.2 Å². The number of anilines is 2. The normalized spacial score (nSPS) is 26.5. The molecule has 5 rings (SSSR count). The first-order valence-electron chi connectivity index (χ1n) is 10.9. The second kappa shape index (κ2) is 8.66. The molecular weight excluding hydrogens is 414 g/mol. The molecule has 9 heteroatoms. The number of hydrogen-bond donors (Lipinski definition) is 5. The summed E-state index contributed by atoms with van der Waals surface area (Å²) in [4.78, 5) is 14.0. The van der Waals surface area contributed by atoms with Gasteiger partial charge < -0.3 is 26.0 Å². The van der Waals surface area contributed by atoms with Crippen molar-refractivity contribution >= 4 is 33.3 Å². The van der Waals surface area contributed by atoms with E-state index in [0.29, 0.717) is 24.2 Å². The van der Waals surface area contributed by atoms with Crippen LogP contribution in [0, 0.1) is 5.92 Å². The van der Waals surface area contributed by atoms with Gasteiger partial charge in [-0.15, -0.1) is 11.3 Å². The number of aliphatic hydroxyl groups is 3. The largest absolute Gasteiger partial charge is 0.396 e. The quantitative estimate of drug-likeness (QED) is 0.396. The van der Waals surface area contributed by atoms with E-state index in [-0.39, 0.29) is 12.5 Å². The molecule has 5 N–H and O–H groups in total. The van der Waals surface area contributed by atoms with Crippen LogP contribution in [-0.2, 0) is 0 Å². The zero-order valence-electron chi connectivity index (χ0n) is 17.1. The number of aromatic nitrogens is 3. The third-order valence-corrected chi connectivity index (χ3v) is 7.43. The Morgan fingerprint density at radius 1 is 1.03 bits per heavy atom. The van der Waals surface area contributed by atoms with Crippen molar-refractivity contribution in [1.82, 2.24) is 15.0 Å². The molecule has 2 heterocycles. The van der Waals surface area contributed by atoms with Gasteiger partial charge in [-0.05, 0) is 31.4 Å². The van der Waals surface area contributed by atoms with Gasteiger partial charge >= 0.3 is 0 Å². The minimum atomic E-state index is -0.985. The average molecular weight is 442 g/mol. The van der Waals surface area contributed by atoms with Crippen LogP contribution in [0.5, 0.6) is 0 Å². The van der Waals surface area contributed by atoms with Crippen molar-refractivity contribution in [3.05, 3.63) is 30.5 Å². The highest BCUT2D eigenvalue weighted by Crippen LogP contribution is 2.36. The number of hydrogen-bond acceptors (Lipinski definition) is 9. The van der Waals surface area contributed by atoms with Gasteiger partial charge in [0.25, 0.3) is 0 Å². The van der Waals surface area contributed by atoms with E-state index in [9.17, 15) is 15.3 Å². The fraction of sp³-hybridized carbons (Fsp3) is 0.500. The number of rotatable bonds is 6. The zero-order chi connectivity index (χ0) is 21.4. The maximum absolute atomic E-state index is 10.5. The molecule has 0 spiro atoms. The van der Waals surface area contributed by atoms with Crippen molar-refractivity contribution in [3.63, 3.8) is 0 Å². The Morgan fingerprint density at radius 2 is 1.84 bits per heavy atom. The molecule has 8 nitrogen and oxygen atoms in total. The van der Waals surface area contributed by atoms with Crippen molar-refractivity contribution in [2.75, 3.05) is 17.2 Å². The van der Waals surface area contributed by atoms with Gasteiger partial charge in [-0.3, -0.25) is 0 Å². The van der Waals surface area contributed by atoms with Gasteiger partial charge in [-0.2, -0.15) is 4.98 Å². The summed E-state index contributed by atoms with van der Waals surface area (Å²) in [6.45, 7) is -0.167. The second-order valence-corrected chi connectivity index (χ2v) is 9.51. The van der Waals surface area contributed by atoms with Crippen LogP contribution < -0.4 is 10.6 Å². The summed E-state index contributed by atoms with van der Waals surface area (Å²) in [6, 6.07) is 7.90. The molecule has 2 aliphatic carbocycles. The number of fused-ring (bicyclic) bond motifs is 1. The molecule has 0 bridgehead atoms. The van der Waals surface area contributed by atoms with E-state index in [2.05, 4.69) is 15.6 Å². The van der Waals surface area contributed by atoms with Crippen molar-refractivity contribution < 1.29 is 15.3 Å². The molecule has 2 aromatic heterocycles. The third-order valence-electron chi connectivity index (χ3n) is 6.36. The summed E-state index contributed by atoms with van der Waals surface area (Å²) in [7, 11) is 0. The van der Waals surface area contributed by atoms with E-state index in [1.54, 1.807) is 17.5 Å². The van der Waals surface area contributed by atoms with Crippen molar-refractivity contribution in [2.45, 2.75) is 56.4 Å². The highest BCUT2D eigenvalue weighted by atomic mass is 32.1. The molecule has 1 aromatic carbocycles. The number of nitrogens with zero attached hydrogens (tertiary/aromatic N) is 3. The van der Waals surface area contributed by atoms with Gasteiger partial charge in [0.2, 0.25) is 5.95 Å². The van der Waals surface area contributed by atoms with E-state index in [1.165, 1.54) is 12.8 Å². The van der Waals surface area contributed by atoms with Gasteiger partial charge in [0, 0.05) is 24.8 Å². The molecule has 31 heavy (non-hydrogen) atoms. The highest BCUT2D eigenvalue weighted by Gasteiger charge is 2.41. The number of thiazole rings is 1. The summed E-state index contributed by atoms with van der Waals surface area (Å²) < 4.78 is 1.08. The molecule has 0 aliphatic heterocycles. The van der Waals surface area contributed by atoms with Crippen LogP contribution in [0.25, 0.3) is 20.8 Å². The Bertz CT molecular complexity index is 1020. The molecule has 0 saturated heterocycles. The molecule has 0 radical (unpaired) electrons. The van der Waals surface area contributed by atoms with E-state index in [4.69, 9.17) is 9.97 Å². The topological polar surface area (TPSA) is 123 Å². The molecule has 3 aromatic rings. The van der Waals surface area contributed by atoms with Gasteiger partial charge in [-0.1, -0.05) is 25.0 Å². The lowest BCUT2D eigenvalue weighted by Gasteiger charge is -2.21. The standard InChI is InChI=1S/C22H27N5O3S/c28-11-12-9-16(19(30)18(12)29)25-20-14(21-26-15-7-3-4-8-17(15)31-21)10-23-22(27-20)24-13-5-1-2-6-13/h3-4,7-8,10,12-13,16,18-19,28-30H,1-2,5-6,9,11H2,(H2,23,24,25,27). The van der Waals surface area contributed by atoms with E-state index >= 15 is 0 Å². The lowest BCUT2D eigenvalue weighted by atomic mass is 10.1. The van der Waals surface area contributed by atoms with E-state index < -0.39 is 18.2 Å². The smallest absolute Gasteiger partial charge is 0.224 e. The molecular formula is C22H27N5O3S. The van der Waals surface area contributed by atoms with Gasteiger partial charge in [-0.25, -0.2) is 9.97 Å². The molecule has 164 valence electrons. The lowest BCUT2D eigenvalue weighted by Crippen LogP contribution is -2.35. The predicted octanol–water partition coefficient (Wildman–Crippen LogP) is 2.62. The Labute approximate surface area is 184 Å². The van der Waals surface area contributed by atoms with Crippen molar-refractivity contribution in [1.29, 1.82) is 0 Å². The molecule has 4 atom stereocenters. The first kappa shape index (κ1) is 20.6. The van der Waals surface area contributed by atoms with Crippen LogP contribution in [0.2, 0.25) is 0 Å². The maximum Gasteiger partial charge on any atom is 0.224 e. The Kier molecular flexibility index (Phi) is 5.75. The Hall–Kier alpha value is -2.33. The van der Waals surface area contributed by atoms with Gasteiger partial charge in [0.05, 0.1) is 27.9 Å². The second-order valence-electron chi connectivity index (χ2n) is 8.48. The Balaban J connectivity index is 1.49. The molecule has 4 unspecified atom stereocenters. The van der Waals surface area contributed by atoms with Crippen LogP contribution in [0.1, 0.15) is 32.1 Å². The zero-order valence-corrected chi connectivity index (χ0v) is 17.9. The van der Waals surface area contributed by atoms with E-state index in [1.807, 2.05) is 24.3 Å². The first-order valence-corrected chi connectivity index (χ1v) is 11.7. The molecule has 0 amide bonds. The monoisotopic (exact) mass is 441 g/mol. The fourth-order valence-electron chi connectivity index (χ4n) is 4.58. The summed E-state index contributed by atoms with van der Waals surface area (Å²) >= 11 is 1.56. The number of aliphatic hydroxyl groups excluding tert-OH is 3. The van der Waals surface area contributed by atoms with Crippen molar-refractivity contribution in [3.8, 4) is 10.6 Å². The third kappa shape index (κ3) is 4.10. The van der Waals surface area contributed by atoms with Crippen molar-refractivity contribution in [2.24, 2.45) is 5.92 Å². The summed E-state index contributed by atoms with van der Waals surface area (Å²) in [5.74, 6) is 0.756. The van der Waals surface area contributed by atoms with Crippen LogP contribution in [0.15, 0.2) is 30.5 Å².